The number of aryl methyl sites for hydroxylation is 1. The standard InChI is InChI=1S/C16H21N5O2/c1-19(2)15-13-14-11(6-7-20(14)3)21(16(13)18-9-17-15)12-5-4-10(8-22)23-12/h6-7,9-10,12,22H,4-5,8H2,1-3H3. The van der Waals surface area contributed by atoms with Gasteiger partial charge in [0.2, 0.25) is 0 Å². The SMILES string of the molecule is CN(C)c1ncnc2c1c1c(ccn1C)n2C1CCC(CO)O1. The Labute approximate surface area is 134 Å². The van der Waals surface area contributed by atoms with Crippen LogP contribution in [-0.2, 0) is 11.8 Å². The predicted octanol–water partition coefficient (Wildman–Crippen LogP) is 1.66. The average Bonchev–Trinajstić information content (AvgIpc) is 3.22. The molecule has 7 heteroatoms. The zero-order valence-corrected chi connectivity index (χ0v) is 13.6. The highest BCUT2D eigenvalue weighted by atomic mass is 16.5. The third-order valence-electron chi connectivity index (χ3n) is 4.58. The molecule has 3 aromatic heterocycles. The Balaban J connectivity index is 2.01. The van der Waals surface area contributed by atoms with Gasteiger partial charge in [0, 0.05) is 27.3 Å². The molecule has 4 rings (SSSR count). The van der Waals surface area contributed by atoms with Crippen LogP contribution in [0.3, 0.4) is 0 Å². The van der Waals surface area contributed by atoms with E-state index in [1.54, 1.807) is 6.33 Å². The zero-order chi connectivity index (χ0) is 16.1. The summed E-state index contributed by atoms with van der Waals surface area (Å²) in [5.41, 5.74) is 3.09. The van der Waals surface area contributed by atoms with Crippen LogP contribution in [0.2, 0.25) is 0 Å². The van der Waals surface area contributed by atoms with Crippen LogP contribution in [0, 0.1) is 0 Å². The second-order valence-electron chi connectivity index (χ2n) is 6.29. The fraction of sp³-hybridized carbons (Fsp3) is 0.500. The third kappa shape index (κ3) is 2.04. The number of aromatic nitrogens is 4. The van der Waals surface area contributed by atoms with Gasteiger partial charge in [-0.25, -0.2) is 9.97 Å². The van der Waals surface area contributed by atoms with Gasteiger partial charge in [-0.1, -0.05) is 0 Å². The lowest BCUT2D eigenvalue weighted by atomic mass is 10.2. The average molecular weight is 315 g/mol. The van der Waals surface area contributed by atoms with Gasteiger partial charge in [-0.3, -0.25) is 4.57 Å². The lowest BCUT2D eigenvalue weighted by Gasteiger charge is -2.16. The number of aliphatic hydroxyl groups is 1. The Hall–Kier alpha value is -2.12. The summed E-state index contributed by atoms with van der Waals surface area (Å²) >= 11 is 0. The van der Waals surface area contributed by atoms with Gasteiger partial charge in [-0.05, 0) is 18.9 Å². The van der Waals surface area contributed by atoms with Gasteiger partial charge < -0.3 is 19.3 Å². The van der Waals surface area contributed by atoms with E-state index in [0.717, 1.165) is 40.7 Å². The molecule has 7 nitrogen and oxygen atoms in total. The van der Waals surface area contributed by atoms with Crippen molar-refractivity contribution in [2.45, 2.75) is 25.2 Å². The molecule has 1 N–H and O–H groups in total. The monoisotopic (exact) mass is 315 g/mol. The molecule has 1 aliphatic rings. The lowest BCUT2D eigenvalue weighted by Crippen LogP contribution is -2.15. The highest BCUT2D eigenvalue weighted by Gasteiger charge is 2.30. The molecule has 23 heavy (non-hydrogen) atoms. The number of rotatable bonds is 3. The number of aliphatic hydroxyl groups excluding tert-OH is 1. The number of hydrogen-bond acceptors (Lipinski definition) is 5. The van der Waals surface area contributed by atoms with Crippen molar-refractivity contribution in [3.63, 3.8) is 0 Å². The first kappa shape index (κ1) is 14.5. The first-order valence-electron chi connectivity index (χ1n) is 7.85. The maximum Gasteiger partial charge on any atom is 0.150 e. The molecule has 0 aliphatic carbocycles. The molecule has 0 saturated carbocycles. The van der Waals surface area contributed by atoms with Crippen molar-refractivity contribution < 1.29 is 9.84 Å². The van der Waals surface area contributed by atoms with Crippen LogP contribution in [0.25, 0.3) is 22.1 Å². The van der Waals surface area contributed by atoms with Crippen LogP contribution in [0.5, 0.6) is 0 Å². The molecular weight excluding hydrogens is 294 g/mol. The van der Waals surface area contributed by atoms with Crippen molar-refractivity contribution in [3.05, 3.63) is 18.6 Å². The minimum absolute atomic E-state index is 0.0611. The Kier molecular flexibility index (Phi) is 3.28. The maximum absolute atomic E-state index is 9.36. The summed E-state index contributed by atoms with van der Waals surface area (Å²) < 4.78 is 10.3. The zero-order valence-electron chi connectivity index (χ0n) is 13.6. The Morgan fingerprint density at radius 3 is 2.87 bits per heavy atom. The number of anilines is 1. The van der Waals surface area contributed by atoms with Crippen molar-refractivity contribution in [2.24, 2.45) is 7.05 Å². The molecule has 1 aliphatic heterocycles. The lowest BCUT2D eigenvalue weighted by molar-refractivity contribution is -0.0185. The van der Waals surface area contributed by atoms with E-state index in [0.29, 0.717) is 0 Å². The Morgan fingerprint density at radius 2 is 2.17 bits per heavy atom. The van der Waals surface area contributed by atoms with Gasteiger partial charge >= 0.3 is 0 Å². The van der Waals surface area contributed by atoms with Crippen LogP contribution < -0.4 is 4.90 Å². The van der Waals surface area contributed by atoms with E-state index >= 15 is 0 Å². The van der Waals surface area contributed by atoms with Crippen LogP contribution in [-0.4, -0.2) is 51.0 Å². The molecule has 0 amide bonds. The summed E-state index contributed by atoms with van der Waals surface area (Å²) in [4.78, 5) is 11.0. The molecule has 4 heterocycles. The van der Waals surface area contributed by atoms with Crippen molar-refractivity contribution in [2.75, 3.05) is 25.6 Å². The summed E-state index contributed by atoms with van der Waals surface area (Å²) in [6.07, 6.45) is 5.20. The van der Waals surface area contributed by atoms with Gasteiger partial charge in [0.15, 0.2) is 0 Å². The number of ether oxygens (including phenoxy) is 1. The largest absolute Gasteiger partial charge is 0.394 e. The van der Waals surface area contributed by atoms with E-state index in [9.17, 15) is 5.11 Å². The van der Waals surface area contributed by atoms with Gasteiger partial charge in [0.25, 0.3) is 0 Å². The molecule has 0 bridgehead atoms. The fourth-order valence-electron chi connectivity index (χ4n) is 3.53. The number of nitrogens with zero attached hydrogens (tertiary/aromatic N) is 5. The van der Waals surface area contributed by atoms with Crippen molar-refractivity contribution in [1.29, 1.82) is 0 Å². The van der Waals surface area contributed by atoms with E-state index in [-0.39, 0.29) is 18.9 Å². The van der Waals surface area contributed by atoms with Gasteiger partial charge in [0.1, 0.15) is 24.0 Å². The van der Waals surface area contributed by atoms with E-state index in [1.807, 2.05) is 32.2 Å². The molecule has 1 saturated heterocycles. The van der Waals surface area contributed by atoms with Crippen LogP contribution in [0.1, 0.15) is 19.1 Å². The number of fused-ring (bicyclic) bond motifs is 3. The maximum atomic E-state index is 9.36. The van der Waals surface area contributed by atoms with E-state index in [1.165, 1.54) is 0 Å². The minimum atomic E-state index is -0.0977. The van der Waals surface area contributed by atoms with Crippen molar-refractivity contribution in [3.8, 4) is 0 Å². The first-order valence-corrected chi connectivity index (χ1v) is 7.85. The number of hydrogen-bond donors (Lipinski definition) is 1. The molecular formula is C16H21N5O2. The summed E-state index contributed by atoms with van der Waals surface area (Å²) in [5, 5.41) is 10.4. The molecule has 2 unspecified atom stereocenters. The van der Waals surface area contributed by atoms with Gasteiger partial charge in [0.05, 0.1) is 29.1 Å². The fourth-order valence-corrected chi connectivity index (χ4v) is 3.53. The Bertz CT molecular complexity index is 866. The van der Waals surface area contributed by atoms with Crippen molar-refractivity contribution in [1.82, 2.24) is 19.1 Å². The molecule has 1 fully saturated rings. The molecule has 122 valence electrons. The first-order chi connectivity index (χ1) is 11.1. The summed E-state index contributed by atoms with van der Waals surface area (Å²) in [5.74, 6) is 0.900. The van der Waals surface area contributed by atoms with E-state index in [4.69, 9.17) is 4.74 Å². The Morgan fingerprint density at radius 1 is 1.35 bits per heavy atom. The highest BCUT2D eigenvalue weighted by molar-refractivity contribution is 6.10. The molecule has 0 spiro atoms. The van der Waals surface area contributed by atoms with Gasteiger partial charge in [-0.2, -0.15) is 0 Å². The smallest absolute Gasteiger partial charge is 0.150 e. The topological polar surface area (TPSA) is 68.3 Å². The van der Waals surface area contributed by atoms with Crippen LogP contribution >= 0.6 is 0 Å². The minimum Gasteiger partial charge on any atom is -0.394 e. The predicted molar refractivity (Wildman–Crippen MR) is 88.6 cm³/mol. The summed E-state index contributed by atoms with van der Waals surface area (Å²) in [6, 6.07) is 2.09. The highest BCUT2D eigenvalue weighted by Crippen LogP contribution is 2.39. The molecule has 2 atom stereocenters. The van der Waals surface area contributed by atoms with Crippen molar-refractivity contribution >= 4 is 27.9 Å². The summed E-state index contributed by atoms with van der Waals surface area (Å²) in [6.45, 7) is 0.0611. The van der Waals surface area contributed by atoms with Crippen LogP contribution in [0.15, 0.2) is 18.6 Å². The van der Waals surface area contributed by atoms with Gasteiger partial charge in [-0.15, -0.1) is 0 Å². The quantitative estimate of drug-likeness (QED) is 0.796. The molecule has 0 radical (unpaired) electrons. The molecule has 3 aromatic rings. The normalized spacial score (nSPS) is 21.6. The molecule has 0 aromatic carbocycles. The summed E-state index contributed by atoms with van der Waals surface area (Å²) in [7, 11) is 6.01. The third-order valence-corrected chi connectivity index (χ3v) is 4.58. The second kappa shape index (κ2) is 5.21. The second-order valence-corrected chi connectivity index (χ2v) is 6.29. The van der Waals surface area contributed by atoms with E-state index in [2.05, 4.69) is 25.2 Å². The van der Waals surface area contributed by atoms with Crippen LogP contribution in [0.4, 0.5) is 5.82 Å². The van der Waals surface area contributed by atoms with E-state index < -0.39 is 0 Å².